The third-order valence-corrected chi connectivity index (χ3v) is 4.92. The molecule has 0 bridgehead atoms. The molecule has 1 aliphatic carbocycles. The van der Waals surface area contributed by atoms with Gasteiger partial charge in [0.15, 0.2) is 0 Å². The molecule has 0 atom stereocenters. The fraction of sp³-hybridized carbons (Fsp3) is 0.562. The molecule has 1 aromatic rings. The van der Waals surface area contributed by atoms with E-state index in [4.69, 9.17) is 5.73 Å². The Labute approximate surface area is 125 Å². The van der Waals surface area contributed by atoms with Crippen molar-refractivity contribution in [3.8, 4) is 0 Å². The summed E-state index contributed by atoms with van der Waals surface area (Å²) in [5, 5.41) is 0. The molecule has 0 aromatic heterocycles. The summed E-state index contributed by atoms with van der Waals surface area (Å²) in [6.45, 7) is 2.83. The first-order chi connectivity index (χ1) is 9.67. The molecule has 0 spiro atoms. The first-order valence-corrected chi connectivity index (χ1v) is 8.59. The Kier molecular flexibility index (Phi) is 5.49. The highest BCUT2D eigenvalue weighted by atomic mass is 32.2. The van der Waals surface area contributed by atoms with Crippen molar-refractivity contribution in [3.05, 3.63) is 29.8 Å². The first kappa shape index (κ1) is 15.4. The molecular weight excluding hydrogens is 268 g/mol. The van der Waals surface area contributed by atoms with Gasteiger partial charge in [0.1, 0.15) is 0 Å². The topological polar surface area (TPSA) is 46.3 Å². The van der Waals surface area contributed by atoms with E-state index in [0.29, 0.717) is 12.1 Å². The van der Waals surface area contributed by atoms with Gasteiger partial charge in [-0.05, 0) is 51.0 Å². The molecule has 0 radical (unpaired) electrons. The predicted octanol–water partition coefficient (Wildman–Crippen LogP) is 3.14. The minimum atomic E-state index is 0.165. The number of hydrogen-bond donors (Lipinski definition) is 1. The molecule has 0 heterocycles. The molecule has 1 aromatic carbocycles. The van der Waals surface area contributed by atoms with Gasteiger partial charge in [-0.2, -0.15) is 0 Å². The van der Waals surface area contributed by atoms with E-state index in [1.165, 1.54) is 0 Å². The second kappa shape index (κ2) is 7.14. The number of carbonyl (C=O) groups is 1. The maximum atomic E-state index is 12.8. The van der Waals surface area contributed by atoms with Crippen molar-refractivity contribution in [2.24, 2.45) is 5.73 Å². The van der Waals surface area contributed by atoms with Gasteiger partial charge >= 0.3 is 0 Å². The van der Waals surface area contributed by atoms with Crippen LogP contribution in [-0.2, 0) is 0 Å². The molecule has 0 saturated heterocycles. The molecular formula is C16H24N2OS. The van der Waals surface area contributed by atoms with E-state index in [9.17, 15) is 4.79 Å². The van der Waals surface area contributed by atoms with Crippen molar-refractivity contribution in [2.75, 3.05) is 12.8 Å². The van der Waals surface area contributed by atoms with E-state index >= 15 is 0 Å². The van der Waals surface area contributed by atoms with Crippen LogP contribution in [0.15, 0.2) is 29.2 Å². The molecule has 1 aliphatic rings. The third-order valence-electron chi connectivity index (χ3n) is 4.12. The highest BCUT2D eigenvalue weighted by Crippen LogP contribution is 2.26. The summed E-state index contributed by atoms with van der Waals surface area (Å²) in [6.07, 6.45) is 6.13. The Morgan fingerprint density at radius 3 is 2.55 bits per heavy atom. The summed E-state index contributed by atoms with van der Waals surface area (Å²) in [4.78, 5) is 15.9. The van der Waals surface area contributed by atoms with Gasteiger partial charge in [0, 0.05) is 23.5 Å². The van der Waals surface area contributed by atoms with E-state index in [2.05, 4.69) is 6.92 Å². The smallest absolute Gasteiger partial charge is 0.255 e. The van der Waals surface area contributed by atoms with Gasteiger partial charge in [-0.15, -0.1) is 11.8 Å². The average Bonchev–Trinajstić information content (AvgIpc) is 2.49. The maximum absolute atomic E-state index is 12.8. The maximum Gasteiger partial charge on any atom is 0.255 e. The second-order valence-corrected chi connectivity index (χ2v) is 6.21. The molecule has 20 heavy (non-hydrogen) atoms. The van der Waals surface area contributed by atoms with Gasteiger partial charge in [-0.1, -0.05) is 12.1 Å². The van der Waals surface area contributed by atoms with Crippen LogP contribution in [-0.4, -0.2) is 35.7 Å². The quantitative estimate of drug-likeness (QED) is 0.867. The molecule has 4 heteroatoms. The highest BCUT2D eigenvalue weighted by Gasteiger charge is 2.28. The lowest BCUT2D eigenvalue weighted by molar-refractivity contribution is 0.0637. The summed E-state index contributed by atoms with van der Waals surface area (Å²) in [5.74, 6) is 0.165. The van der Waals surface area contributed by atoms with Crippen molar-refractivity contribution in [1.82, 2.24) is 4.90 Å². The lowest BCUT2D eigenvalue weighted by Gasteiger charge is -2.35. The monoisotopic (exact) mass is 292 g/mol. The number of nitrogens with two attached hydrogens (primary N) is 1. The SMILES string of the molecule is CCN(C(=O)c1ccccc1SC)C1CCC(N)CC1. The molecule has 1 amide bonds. The van der Waals surface area contributed by atoms with E-state index in [-0.39, 0.29) is 5.91 Å². The number of benzene rings is 1. The van der Waals surface area contributed by atoms with Gasteiger partial charge in [0.2, 0.25) is 0 Å². The second-order valence-electron chi connectivity index (χ2n) is 5.36. The van der Waals surface area contributed by atoms with E-state index in [1.807, 2.05) is 35.4 Å². The number of nitrogens with zero attached hydrogens (tertiary/aromatic N) is 1. The van der Waals surface area contributed by atoms with Crippen LogP contribution < -0.4 is 5.73 Å². The van der Waals surface area contributed by atoms with Crippen LogP contribution in [0, 0.1) is 0 Å². The molecule has 2 rings (SSSR count). The van der Waals surface area contributed by atoms with Crippen LogP contribution in [0.5, 0.6) is 0 Å². The van der Waals surface area contributed by atoms with Crippen LogP contribution in [0.1, 0.15) is 43.0 Å². The molecule has 1 fully saturated rings. The number of carbonyl (C=O) groups excluding carboxylic acids is 1. The van der Waals surface area contributed by atoms with Gasteiger partial charge < -0.3 is 10.6 Å². The van der Waals surface area contributed by atoms with Crippen molar-refractivity contribution in [1.29, 1.82) is 0 Å². The Hall–Kier alpha value is -1.00. The minimum Gasteiger partial charge on any atom is -0.336 e. The largest absolute Gasteiger partial charge is 0.336 e. The predicted molar refractivity (Wildman–Crippen MR) is 85.2 cm³/mol. The molecule has 3 nitrogen and oxygen atoms in total. The third kappa shape index (κ3) is 3.36. The van der Waals surface area contributed by atoms with Crippen molar-refractivity contribution in [3.63, 3.8) is 0 Å². The summed E-state index contributed by atoms with van der Waals surface area (Å²) < 4.78 is 0. The fourth-order valence-electron chi connectivity index (χ4n) is 2.96. The Morgan fingerprint density at radius 2 is 1.95 bits per heavy atom. The van der Waals surface area contributed by atoms with E-state index in [0.717, 1.165) is 42.7 Å². The van der Waals surface area contributed by atoms with Crippen LogP contribution in [0.2, 0.25) is 0 Å². The summed E-state index contributed by atoms with van der Waals surface area (Å²) in [6, 6.07) is 8.55. The van der Waals surface area contributed by atoms with Gasteiger partial charge in [-0.3, -0.25) is 4.79 Å². The minimum absolute atomic E-state index is 0.165. The molecule has 0 aliphatic heterocycles. The molecule has 2 N–H and O–H groups in total. The zero-order valence-electron chi connectivity index (χ0n) is 12.3. The zero-order valence-corrected chi connectivity index (χ0v) is 13.2. The lowest BCUT2D eigenvalue weighted by atomic mass is 9.90. The Bertz CT molecular complexity index is 456. The van der Waals surface area contributed by atoms with Gasteiger partial charge in [0.05, 0.1) is 5.56 Å². The molecule has 110 valence electrons. The molecule has 1 saturated carbocycles. The van der Waals surface area contributed by atoms with Gasteiger partial charge in [0.25, 0.3) is 5.91 Å². The fourth-order valence-corrected chi connectivity index (χ4v) is 3.55. The standard InChI is InChI=1S/C16H24N2OS/c1-3-18(13-10-8-12(17)9-11-13)16(19)14-6-4-5-7-15(14)20-2/h4-7,12-13H,3,8-11,17H2,1-2H3. The van der Waals surface area contributed by atoms with Crippen LogP contribution >= 0.6 is 11.8 Å². The Balaban J connectivity index is 2.16. The van der Waals surface area contributed by atoms with Gasteiger partial charge in [-0.25, -0.2) is 0 Å². The first-order valence-electron chi connectivity index (χ1n) is 7.37. The van der Waals surface area contributed by atoms with Crippen molar-refractivity contribution >= 4 is 17.7 Å². The van der Waals surface area contributed by atoms with Crippen LogP contribution in [0.3, 0.4) is 0 Å². The molecule has 0 unspecified atom stereocenters. The Morgan fingerprint density at radius 1 is 1.30 bits per heavy atom. The van der Waals surface area contributed by atoms with Crippen LogP contribution in [0.25, 0.3) is 0 Å². The zero-order chi connectivity index (χ0) is 14.5. The van der Waals surface area contributed by atoms with Crippen molar-refractivity contribution in [2.45, 2.75) is 49.6 Å². The number of hydrogen-bond acceptors (Lipinski definition) is 3. The summed E-state index contributed by atoms with van der Waals surface area (Å²) in [7, 11) is 0. The average molecular weight is 292 g/mol. The lowest BCUT2D eigenvalue weighted by Crippen LogP contribution is -2.44. The number of thioether (sulfide) groups is 1. The van der Waals surface area contributed by atoms with Crippen LogP contribution in [0.4, 0.5) is 0 Å². The van der Waals surface area contributed by atoms with E-state index < -0.39 is 0 Å². The summed E-state index contributed by atoms with van der Waals surface area (Å²) in [5.41, 5.74) is 6.79. The summed E-state index contributed by atoms with van der Waals surface area (Å²) >= 11 is 1.63. The normalized spacial score (nSPS) is 22.6. The highest BCUT2D eigenvalue weighted by molar-refractivity contribution is 7.98. The number of rotatable bonds is 4. The van der Waals surface area contributed by atoms with E-state index in [1.54, 1.807) is 11.8 Å². The number of amides is 1. The van der Waals surface area contributed by atoms with Crippen molar-refractivity contribution < 1.29 is 4.79 Å².